The van der Waals surface area contributed by atoms with Crippen LogP contribution in [0.4, 0.5) is 5.69 Å². The van der Waals surface area contributed by atoms with Crippen LogP contribution in [0.15, 0.2) is 76.5 Å². The number of anilines is 1. The van der Waals surface area contributed by atoms with E-state index in [2.05, 4.69) is 83.4 Å². The number of pyridine rings is 1. The lowest BCUT2D eigenvalue weighted by Crippen LogP contribution is -2.29. The Kier molecular flexibility index (Phi) is 6.08. The van der Waals surface area contributed by atoms with Crippen LogP contribution >= 0.6 is 11.3 Å². The maximum atomic E-state index is 4.92. The zero-order chi connectivity index (χ0) is 27.5. The molecule has 4 aliphatic rings. The van der Waals surface area contributed by atoms with Crippen molar-refractivity contribution in [3.8, 4) is 21.7 Å². The van der Waals surface area contributed by atoms with Gasteiger partial charge in [0.2, 0.25) is 0 Å². The van der Waals surface area contributed by atoms with E-state index < -0.39 is 0 Å². The van der Waals surface area contributed by atoms with Gasteiger partial charge in [-0.05, 0) is 109 Å². The molecular weight excluding hydrogens is 522 g/mol. The summed E-state index contributed by atoms with van der Waals surface area (Å²) in [6.07, 6.45) is 7.00. The maximum absolute atomic E-state index is 4.92. The Balaban J connectivity index is 1.16. The Bertz CT molecular complexity index is 1730. The summed E-state index contributed by atoms with van der Waals surface area (Å²) >= 11 is 1.76. The number of allylic oxidation sites excluding steroid dienone is 2. The van der Waals surface area contributed by atoms with E-state index in [4.69, 9.17) is 10.1 Å². The first-order chi connectivity index (χ1) is 20.1. The highest BCUT2D eigenvalue weighted by molar-refractivity contribution is 7.13. The summed E-state index contributed by atoms with van der Waals surface area (Å²) in [6.45, 7) is 8.71. The second-order valence-electron chi connectivity index (χ2n) is 12.0. The quantitative estimate of drug-likeness (QED) is 0.263. The summed E-state index contributed by atoms with van der Waals surface area (Å²) in [4.78, 5) is 8.64. The molecule has 41 heavy (non-hydrogen) atoms. The van der Waals surface area contributed by atoms with Gasteiger partial charge in [0.05, 0.1) is 22.8 Å². The standard InChI is InChI=1S/C35H35N5S/c1-21-13-23(20-40-10-4-3-5-11-40)16-24(14-21)26-17-27-25(15-22(26)2)19-37-39-34(27)33-29-18-28(29)32-30(38-33)8-9-36-35(32)31-7-6-12-41-31/h6-9,12-17,28,37-38H,3-5,10-11,18-20H2,1-2H3. The molecule has 5 heterocycles. The molecule has 1 aliphatic carbocycles. The van der Waals surface area contributed by atoms with Gasteiger partial charge < -0.3 is 10.7 Å². The van der Waals surface area contributed by atoms with Crippen molar-refractivity contribution in [2.45, 2.75) is 58.5 Å². The third-order valence-corrected chi connectivity index (χ3v) is 9.94. The number of hydrogen-bond donors (Lipinski definition) is 2. The highest BCUT2D eigenvalue weighted by Crippen LogP contribution is 2.57. The third kappa shape index (κ3) is 4.50. The molecule has 2 fully saturated rings. The lowest BCUT2D eigenvalue weighted by molar-refractivity contribution is 0.221. The molecule has 206 valence electrons. The van der Waals surface area contributed by atoms with Crippen LogP contribution < -0.4 is 10.7 Å². The third-order valence-electron chi connectivity index (χ3n) is 9.06. The first-order valence-electron chi connectivity index (χ1n) is 14.9. The van der Waals surface area contributed by atoms with Gasteiger partial charge in [-0.3, -0.25) is 9.88 Å². The highest BCUT2D eigenvalue weighted by Gasteiger charge is 2.43. The van der Waals surface area contributed by atoms with Crippen LogP contribution in [0.5, 0.6) is 0 Å². The highest BCUT2D eigenvalue weighted by atomic mass is 32.1. The van der Waals surface area contributed by atoms with E-state index in [-0.39, 0.29) is 0 Å². The fourth-order valence-corrected chi connectivity index (χ4v) is 7.80. The summed E-state index contributed by atoms with van der Waals surface area (Å²) in [6, 6.07) is 18.3. The summed E-state index contributed by atoms with van der Waals surface area (Å²) in [5.74, 6) is 0.416. The van der Waals surface area contributed by atoms with E-state index in [9.17, 15) is 0 Å². The van der Waals surface area contributed by atoms with Gasteiger partial charge in [-0.25, -0.2) is 0 Å². The molecule has 1 unspecified atom stereocenters. The summed E-state index contributed by atoms with van der Waals surface area (Å²) in [7, 11) is 0. The minimum atomic E-state index is 0.416. The zero-order valence-corrected chi connectivity index (χ0v) is 24.6. The smallest absolute Gasteiger partial charge is 0.114 e. The van der Waals surface area contributed by atoms with Gasteiger partial charge in [0.25, 0.3) is 0 Å². The van der Waals surface area contributed by atoms with Crippen LogP contribution in [0.25, 0.3) is 21.7 Å². The van der Waals surface area contributed by atoms with Crippen molar-refractivity contribution in [1.82, 2.24) is 15.3 Å². The van der Waals surface area contributed by atoms with E-state index in [1.54, 1.807) is 11.3 Å². The van der Waals surface area contributed by atoms with Crippen LogP contribution in [-0.4, -0.2) is 28.7 Å². The number of rotatable bonds is 5. The molecular formula is C35H35N5S. The SMILES string of the molecule is Cc1cc(CN2CCCCC2)cc(-c2cc3c(cc2C)CNN=C3C2=C3CC3c3c(ccnc3-c3cccs3)N2)c1. The predicted molar refractivity (Wildman–Crippen MR) is 169 cm³/mol. The Labute approximate surface area is 246 Å². The second kappa shape index (κ2) is 9.97. The molecule has 3 aliphatic heterocycles. The minimum Gasteiger partial charge on any atom is -0.353 e. The first kappa shape index (κ1) is 25.0. The topological polar surface area (TPSA) is 52.5 Å². The normalized spacial score (nSPS) is 19.5. The van der Waals surface area contributed by atoms with Crippen molar-refractivity contribution < 1.29 is 0 Å². The number of thiophene rings is 1. The van der Waals surface area contributed by atoms with Gasteiger partial charge in [-0.15, -0.1) is 11.3 Å². The van der Waals surface area contributed by atoms with Crippen molar-refractivity contribution >= 4 is 22.7 Å². The average molecular weight is 558 g/mol. The number of aryl methyl sites for hydroxylation is 2. The summed E-state index contributed by atoms with van der Waals surface area (Å²) in [5, 5.41) is 10.9. The number of fused-ring (bicyclic) bond motifs is 4. The fraction of sp³-hybridized carbons (Fsp3) is 0.314. The predicted octanol–water partition coefficient (Wildman–Crippen LogP) is 7.75. The minimum absolute atomic E-state index is 0.416. The Hall–Kier alpha value is -3.74. The van der Waals surface area contributed by atoms with E-state index in [0.717, 1.165) is 36.6 Å². The van der Waals surface area contributed by atoms with Crippen molar-refractivity contribution in [2.24, 2.45) is 5.10 Å². The van der Waals surface area contributed by atoms with Crippen LogP contribution in [0.3, 0.4) is 0 Å². The van der Waals surface area contributed by atoms with E-state index >= 15 is 0 Å². The lowest BCUT2D eigenvalue weighted by Gasteiger charge is -2.27. The number of hydrogen-bond acceptors (Lipinski definition) is 6. The molecule has 2 N–H and O–H groups in total. The van der Waals surface area contributed by atoms with E-state index in [0.29, 0.717) is 5.92 Å². The van der Waals surface area contributed by atoms with Crippen molar-refractivity contribution in [3.63, 3.8) is 0 Å². The van der Waals surface area contributed by atoms with Crippen LogP contribution in [0, 0.1) is 13.8 Å². The van der Waals surface area contributed by atoms with Crippen LogP contribution in [-0.2, 0) is 13.1 Å². The molecule has 0 bridgehead atoms. The second-order valence-corrected chi connectivity index (χ2v) is 13.0. The number of likely N-dealkylation sites (tertiary alicyclic amines) is 1. The van der Waals surface area contributed by atoms with Crippen molar-refractivity contribution in [3.05, 3.63) is 105 Å². The molecule has 8 rings (SSSR count). The van der Waals surface area contributed by atoms with Gasteiger partial charge in [0.1, 0.15) is 5.71 Å². The van der Waals surface area contributed by atoms with Crippen molar-refractivity contribution in [2.75, 3.05) is 18.4 Å². The monoisotopic (exact) mass is 557 g/mol. The van der Waals surface area contributed by atoms with Gasteiger partial charge in [-0.2, -0.15) is 5.10 Å². The zero-order valence-electron chi connectivity index (χ0n) is 23.8. The maximum Gasteiger partial charge on any atom is 0.114 e. The summed E-state index contributed by atoms with van der Waals surface area (Å²) in [5.41, 5.74) is 19.8. The number of nitrogens with one attached hydrogen (secondary N) is 2. The Morgan fingerprint density at radius 1 is 1.00 bits per heavy atom. The number of piperidine rings is 1. The number of benzene rings is 2. The van der Waals surface area contributed by atoms with Gasteiger partial charge in [-0.1, -0.05) is 36.2 Å². The largest absolute Gasteiger partial charge is 0.353 e. The molecule has 2 aromatic carbocycles. The molecule has 4 aromatic rings. The Morgan fingerprint density at radius 3 is 2.76 bits per heavy atom. The van der Waals surface area contributed by atoms with Gasteiger partial charge in [0, 0.05) is 35.5 Å². The van der Waals surface area contributed by atoms with E-state index in [1.807, 2.05) is 6.20 Å². The summed E-state index contributed by atoms with van der Waals surface area (Å²) < 4.78 is 0. The van der Waals surface area contributed by atoms with Crippen molar-refractivity contribution in [1.29, 1.82) is 0 Å². The number of aromatic nitrogens is 1. The fourth-order valence-electron chi connectivity index (χ4n) is 7.07. The molecule has 1 saturated carbocycles. The molecule has 5 nitrogen and oxygen atoms in total. The van der Waals surface area contributed by atoms with Crippen LogP contribution in [0.1, 0.15) is 65.0 Å². The average Bonchev–Trinajstić information content (AvgIpc) is 3.60. The Morgan fingerprint density at radius 2 is 1.90 bits per heavy atom. The number of hydrazone groups is 1. The van der Waals surface area contributed by atoms with E-state index in [1.165, 1.54) is 93.0 Å². The molecule has 0 radical (unpaired) electrons. The van der Waals surface area contributed by atoms with Gasteiger partial charge >= 0.3 is 0 Å². The molecule has 1 saturated heterocycles. The lowest BCUT2D eigenvalue weighted by atomic mass is 9.89. The molecule has 6 heteroatoms. The molecule has 2 aromatic heterocycles. The van der Waals surface area contributed by atoms with Crippen LogP contribution in [0.2, 0.25) is 0 Å². The first-order valence-corrected chi connectivity index (χ1v) is 15.8. The molecule has 1 atom stereocenters. The molecule has 0 amide bonds. The number of nitrogens with zero attached hydrogens (tertiary/aromatic N) is 3. The molecule has 0 spiro atoms. The van der Waals surface area contributed by atoms with Gasteiger partial charge in [0.15, 0.2) is 0 Å².